The predicted molar refractivity (Wildman–Crippen MR) is 68.5 cm³/mol. The van der Waals surface area contributed by atoms with E-state index < -0.39 is 5.97 Å². The molecule has 0 aliphatic heterocycles. The fourth-order valence-electron chi connectivity index (χ4n) is 1.50. The van der Waals surface area contributed by atoms with E-state index in [-0.39, 0.29) is 12.1 Å². The molecule has 5 heteroatoms. The van der Waals surface area contributed by atoms with Crippen LogP contribution in [0.4, 0.5) is 0 Å². The van der Waals surface area contributed by atoms with Gasteiger partial charge in [-0.15, -0.1) is 0 Å². The number of rotatable bonds is 3. The maximum Gasteiger partial charge on any atom is 0.353 e. The molecule has 0 radical (unpaired) electrons. The Kier molecular flexibility index (Phi) is 3.74. The fraction of sp³-hybridized carbons (Fsp3) is 0.0714. The topological polar surface area (TPSA) is 83.0 Å². The van der Waals surface area contributed by atoms with Gasteiger partial charge in [-0.2, -0.15) is 5.10 Å². The standard InChI is InChI=1S/C14H10N2O3/c17-8-2-1-3-10-4-6-11(7-5-10)12-9-13(14(18)19)16-15-12/h4-9H,2H2,(H,15,16)(H,18,19). The van der Waals surface area contributed by atoms with Crippen LogP contribution in [0.5, 0.6) is 0 Å². The Bertz CT molecular complexity index is 660. The summed E-state index contributed by atoms with van der Waals surface area (Å²) in [5.74, 6) is 4.51. The van der Waals surface area contributed by atoms with Crippen molar-refractivity contribution in [2.45, 2.75) is 6.42 Å². The zero-order chi connectivity index (χ0) is 13.7. The van der Waals surface area contributed by atoms with Gasteiger partial charge in [-0.25, -0.2) is 4.79 Å². The number of aromatic amines is 1. The van der Waals surface area contributed by atoms with E-state index in [1.54, 1.807) is 24.3 Å². The summed E-state index contributed by atoms with van der Waals surface area (Å²) in [7, 11) is 0. The van der Waals surface area contributed by atoms with Crippen molar-refractivity contribution in [1.29, 1.82) is 0 Å². The van der Waals surface area contributed by atoms with Gasteiger partial charge in [0.05, 0.1) is 12.1 Å². The number of aromatic carboxylic acids is 1. The Balaban J connectivity index is 2.20. The first-order chi connectivity index (χ1) is 9.20. The van der Waals surface area contributed by atoms with Crippen LogP contribution in [0.25, 0.3) is 11.3 Å². The number of nitrogens with one attached hydrogen (secondary N) is 1. The number of aromatic nitrogens is 2. The van der Waals surface area contributed by atoms with Gasteiger partial charge in [-0.05, 0) is 18.2 Å². The number of nitrogens with zero attached hydrogens (tertiary/aromatic N) is 1. The van der Waals surface area contributed by atoms with Crippen LogP contribution < -0.4 is 0 Å². The molecule has 0 saturated carbocycles. The Hall–Kier alpha value is -2.87. The first-order valence-corrected chi connectivity index (χ1v) is 5.52. The van der Waals surface area contributed by atoms with Gasteiger partial charge >= 0.3 is 5.97 Å². The average Bonchev–Trinajstić information content (AvgIpc) is 2.90. The number of H-pyrrole nitrogens is 1. The lowest BCUT2D eigenvalue weighted by Crippen LogP contribution is -1.95. The average molecular weight is 254 g/mol. The molecular formula is C14H10N2O3. The van der Waals surface area contributed by atoms with Crippen LogP contribution in [-0.4, -0.2) is 27.6 Å². The monoisotopic (exact) mass is 254 g/mol. The highest BCUT2D eigenvalue weighted by Crippen LogP contribution is 2.18. The molecule has 5 nitrogen and oxygen atoms in total. The zero-order valence-corrected chi connectivity index (χ0v) is 9.88. The Labute approximate surface area is 109 Å². The van der Waals surface area contributed by atoms with E-state index in [4.69, 9.17) is 5.11 Å². The predicted octanol–water partition coefficient (Wildman–Crippen LogP) is 1.72. The highest BCUT2D eigenvalue weighted by molar-refractivity contribution is 5.86. The van der Waals surface area contributed by atoms with Crippen molar-refractivity contribution in [3.8, 4) is 23.1 Å². The lowest BCUT2D eigenvalue weighted by atomic mass is 10.1. The number of carboxylic acids is 1. The number of hydrogen-bond donors (Lipinski definition) is 2. The van der Waals surface area contributed by atoms with E-state index in [0.29, 0.717) is 5.69 Å². The van der Waals surface area contributed by atoms with Gasteiger partial charge in [0, 0.05) is 11.1 Å². The van der Waals surface area contributed by atoms with Gasteiger partial charge in [-0.1, -0.05) is 24.0 Å². The zero-order valence-electron chi connectivity index (χ0n) is 9.88. The minimum absolute atomic E-state index is 0.0462. The fourth-order valence-corrected chi connectivity index (χ4v) is 1.50. The van der Waals surface area contributed by atoms with E-state index in [2.05, 4.69) is 22.0 Å². The van der Waals surface area contributed by atoms with Crippen molar-refractivity contribution in [2.24, 2.45) is 0 Å². The second-order valence-electron chi connectivity index (χ2n) is 3.72. The summed E-state index contributed by atoms with van der Waals surface area (Å²) in [6, 6.07) is 8.65. The molecule has 0 fully saturated rings. The number of hydrogen-bond acceptors (Lipinski definition) is 3. The molecule has 1 aromatic carbocycles. The molecule has 0 spiro atoms. The number of carbonyl (C=O) groups excluding carboxylic acids is 1. The molecule has 19 heavy (non-hydrogen) atoms. The third-order valence-corrected chi connectivity index (χ3v) is 2.41. The molecule has 2 rings (SSSR count). The Morgan fingerprint density at radius 2 is 2.11 bits per heavy atom. The minimum atomic E-state index is -1.05. The summed E-state index contributed by atoms with van der Waals surface area (Å²) in [5.41, 5.74) is 2.19. The van der Waals surface area contributed by atoms with Gasteiger partial charge in [0.15, 0.2) is 0 Å². The molecule has 0 aliphatic carbocycles. The summed E-state index contributed by atoms with van der Waals surface area (Å²) in [6.07, 6.45) is 0.960. The third kappa shape index (κ3) is 3.07. The molecule has 0 unspecified atom stereocenters. The summed E-state index contributed by atoms with van der Waals surface area (Å²) < 4.78 is 0. The number of carboxylic acid groups (broad SMARTS) is 1. The number of benzene rings is 1. The molecule has 0 aliphatic rings. The lowest BCUT2D eigenvalue weighted by Gasteiger charge is -1.95. The van der Waals surface area contributed by atoms with E-state index in [1.165, 1.54) is 6.07 Å². The van der Waals surface area contributed by atoms with Gasteiger partial charge in [0.2, 0.25) is 0 Å². The molecule has 1 aromatic heterocycles. The SMILES string of the molecule is O=CCC#Cc1ccc(-c2cc(C(=O)O)[nH]n2)cc1. The highest BCUT2D eigenvalue weighted by Gasteiger charge is 2.08. The van der Waals surface area contributed by atoms with Crippen molar-refractivity contribution < 1.29 is 14.7 Å². The Morgan fingerprint density at radius 3 is 2.68 bits per heavy atom. The van der Waals surface area contributed by atoms with Crippen LogP contribution >= 0.6 is 0 Å². The first kappa shape index (κ1) is 12.6. The summed E-state index contributed by atoms with van der Waals surface area (Å²) >= 11 is 0. The smallest absolute Gasteiger partial charge is 0.353 e. The largest absolute Gasteiger partial charge is 0.477 e. The summed E-state index contributed by atoms with van der Waals surface area (Å²) in [4.78, 5) is 20.9. The van der Waals surface area contributed by atoms with Crippen LogP contribution in [0.3, 0.4) is 0 Å². The first-order valence-electron chi connectivity index (χ1n) is 5.52. The third-order valence-electron chi connectivity index (χ3n) is 2.41. The van der Waals surface area contributed by atoms with Gasteiger partial charge < -0.3 is 9.90 Å². The second-order valence-corrected chi connectivity index (χ2v) is 3.72. The van der Waals surface area contributed by atoms with Crippen molar-refractivity contribution in [3.05, 3.63) is 41.6 Å². The molecule has 94 valence electrons. The summed E-state index contributed by atoms with van der Waals surface area (Å²) in [5, 5.41) is 15.2. The van der Waals surface area contributed by atoms with E-state index in [9.17, 15) is 9.59 Å². The van der Waals surface area contributed by atoms with Crippen molar-refractivity contribution in [2.75, 3.05) is 0 Å². The van der Waals surface area contributed by atoms with Gasteiger partial charge in [0.1, 0.15) is 12.0 Å². The van der Waals surface area contributed by atoms with Crippen molar-refractivity contribution in [3.63, 3.8) is 0 Å². The quantitative estimate of drug-likeness (QED) is 0.645. The molecule has 0 amide bonds. The Morgan fingerprint density at radius 1 is 1.37 bits per heavy atom. The normalized spacial score (nSPS) is 9.47. The van der Waals surface area contributed by atoms with Crippen LogP contribution in [0.15, 0.2) is 30.3 Å². The molecule has 1 heterocycles. The number of carbonyl (C=O) groups is 2. The van der Waals surface area contributed by atoms with Crippen molar-refractivity contribution >= 4 is 12.3 Å². The maximum atomic E-state index is 10.7. The van der Waals surface area contributed by atoms with Crippen LogP contribution in [0.2, 0.25) is 0 Å². The lowest BCUT2D eigenvalue weighted by molar-refractivity contribution is -0.107. The van der Waals surface area contributed by atoms with E-state index in [0.717, 1.165) is 17.4 Å². The second kappa shape index (κ2) is 5.65. The molecule has 2 N–H and O–H groups in total. The van der Waals surface area contributed by atoms with Crippen LogP contribution in [0, 0.1) is 11.8 Å². The highest BCUT2D eigenvalue weighted by atomic mass is 16.4. The van der Waals surface area contributed by atoms with Gasteiger partial charge in [0.25, 0.3) is 0 Å². The van der Waals surface area contributed by atoms with Gasteiger partial charge in [-0.3, -0.25) is 5.10 Å². The maximum absolute atomic E-state index is 10.7. The minimum Gasteiger partial charge on any atom is -0.477 e. The van der Waals surface area contributed by atoms with Crippen LogP contribution in [-0.2, 0) is 4.79 Å². The molecule has 0 atom stereocenters. The van der Waals surface area contributed by atoms with Crippen LogP contribution in [0.1, 0.15) is 22.5 Å². The molecular weight excluding hydrogens is 244 g/mol. The van der Waals surface area contributed by atoms with E-state index >= 15 is 0 Å². The summed E-state index contributed by atoms with van der Waals surface area (Å²) in [6.45, 7) is 0. The molecule has 0 saturated heterocycles. The van der Waals surface area contributed by atoms with E-state index in [1.807, 2.05) is 0 Å². The number of aldehydes is 1. The molecule has 2 aromatic rings. The molecule has 0 bridgehead atoms. The van der Waals surface area contributed by atoms with Crippen molar-refractivity contribution in [1.82, 2.24) is 10.2 Å².